The van der Waals surface area contributed by atoms with E-state index in [9.17, 15) is 14.4 Å². The minimum atomic E-state index is -1.26. The first-order valence-electron chi connectivity index (χ1n) is 12.2. The summed E-state index contributed by atoms with van der Waals surface area (Å²) >= 11 is 0. The third-order valence-electron chi connectivity index (χ3n) is 8.60. The molecule has 0 aliphatic carbocycles. The van der Waals surface area contributed by atoms with Crippen molar-refractivity contribution in [1.82, 2.24) is 4.90 Å². The van der Waals surface area contributed by atoms with Crippen molar-refractivity contribution >= 4 is 29.0 Å². The van der Waals surface area contributed by atoms with Crippen LogP contribution in [0.3, 0.4) is 0 Å². The molecule has 0 saturated carbocycles. The van der Waals surface area contributed by atoms with E-state index in [0.717, 1.165) is 40.9 Å². The summed E-state index contributed by atoms with van der Waals surface area (Å²) in [4.78, 5) is 45.1. The smallest absolute Gasteiger partial charge is 0.250 e. The molecule has 3 aromatic carbocycles. The largest absolute Gasteiger partial charge is 0.325 e. The summed E-state index contributed by atoms with van der Waals surface area (Å²) in [6, 6.07) is 22.4. The fourth-order valence-electron chi connectivity index (χ4n) is 7.43. The summed E-state index contributed by atoms with van der Waals surface area (Å²) in [5, 5.41) is 6.17. The molecule has 0 bridgehead atoms. The van der Waals surface area contributed by atoms with E-state index < -0.39 is 16.9 Å². The molecule has 3 aromatic rings. The van der Waals surface area contributed by atoms with E-state index in [2.05, 4.69) is 15.5 Å². The van der Waals surface area contributed by atoms with Crippen LogP contribution < -0.4 is 10.6 Å². The average Bonchev–Trinajstić information content (AvgIpc) is 3.59. The van der Waals surface area contributed by atoms with Gasteiger partial charge in [-0.05, 0) is 44.0 Å². The van der Waals surface area contributed by atoms with E-state index in [1.807, 2.05) is 67.6 Å². The zero-order valence-corrected chi connectivity index (χ0v) is 19.4. The molecule has 6 heteroatoms. The van der Waals surface area contributed by atoms with Crippen molar-refractivity contribution in [3.8, 4) is 0 Å². The second-order valence-corrected chi connectivity index (χ2v) is 10.2. The highest BCUT2D eigenvalue weighted by atomic mass is 16.2. The Balaban J connectivity index is 1.60. The molecule has 2 saturated heterocycles. The van der Waals surface area contributed by atoms with Crippen molar-refractivity contribution in [2.45, 2.75) is 36.8 Å². The van der Waals surface area contributed by atoms with Crippen molar-refractivity contribution in [3.63, 3.8) is 0 Å². The molecule has 35 heavy (non-hydrogen) atoms. The maximum atomic E-state index is 14.6. The number of fused-ring (bicyclic) bond motifs is 7. The molecule has 0 radical (unpaired) electrons. The molecule has 0 unspecified atom stereocenters. The van der Waals surface area contributed by atoms with E-state index in [-0.39, 0.29) is 23.6 Å². The number of carbonyl (C=O) groups excluding carboxylic acids is 3. The van der Waals surface area contributed by atoms with E-state index in [1.165, 1.54) is 0 Å². The first-order valence-corrected chi connectivity index (χ1v) is 12.2. The van der Waals surface area contributed by atoms with Crippen LogP contribution in [0, 0.1) is 12.8 Å². The molecule has 4 atom stereocenters. The van der Waals surface area contributed by atoms with Crippen LogP contribution in [-0.2, 0) is 20.5 Å². The molecule has 4 aliphatic rings. The average molecular weight is 464 g/mol. The first kappa shape index (κ1) is 20.6. The van der Waals surface area contributed by atoms with Crippen LogP contribution in [0.25, 0.3) is 0 Å². The Morgan fingerprint density at radius 1 is 0.886 bits per heavy atom. The van der Waals surface area contributed by atoms with Gasteiger partial charge >= 0.3 is 0 Å². The van der Waals surface area contributed by atoms with Crippen molar-refractivity contribution in [3.05, 3.63) is 95.1 Å². The minimum Gasteiger partial charge on any atom is -0.325 e. The van der Waals surface area contributed by atoms with Gasteiger partial charge < -0.3 is 10.6 Å². The normalized spacial score (nSPS) is 30.3. The minimum absolute atomic E-state index is 0.170. The summed E-state index contributed by atoms with van der Waals surface area (Å²) in [5.74, 6) is -1.48. The second kappa shape index (κ2) is 6.89. The van der Waals surface area contributed by atoms with Gasteiger partial charge in [0.25, 0.3) is 0 Å². The summed E-state index contributed by atoms with van der Waals surface area (Å²) in [6.07, 6.45) is 1.61. The van der Waals surface area contributed by atoms with Crippen LogP contribution in [-0.4, -0.2) is 35.1 Å². The van der Waals surface area contributed by atoms with Crippen molar-refractivity contribution < 1.29 is 14.4 Å². The lowest BCUT2D eigenvalue weighted by molar-refractivity contribution is -0.128. The van der Waals surface area contributed by atoms with E-state index in [4.69, 9.17) is 0 Å². The molecule has 2 amide bonds. The van der Waals surface area contributed by atoms with Gasteiger partial charge in [-0.3, -0.25) is 19.3 Å². The van der Waals surface area contributed by atoms with E-state index in [0.29, 0.717) is 12.1 Å². The molecular weight excluding hydrogens is 438 g/mol. The zero-order valence-electron chi connectivity index (χ0n) is 19.4. The predicted octanol–water partition coefficient (Wildman–Crippen LogP) is 4.01. The highest BCUT2D eigenvalue weighted by molar-refractivity contribution is 6.18. The molecule has 7 rings (SSSR count). The molecule has 0 aromatic heterocycles. The lowest BCUT2D eigenvalue weighted by Crippen LogP contribution is -2.55. The van der Waals surface area contributed by atoms with Gasteiger partial charge in [0.2, 0.25) is 11.8 Å². The van der Waals surface area contributed by atoms with Gasteiger partial charge in [-0.15, -0.1) is 0 Å². The fraction of sp³-hybridized carbons (Fsp3) is 0.276. The molecule has 2 fully saturated rings. The lowest BCUT2D eigenvalue weighted by Gasteiger charge is -2.38. The molecule has 4 aliphatic heterocycles. The topological polar surface area (TPSA) is 78.5 Å². The Labute approximate surface area is 203 Å². The van der Waals surface area contributed by atoms with Gasteiger partial charge in [0.15, 0.2) is 5.78 Å². The number of aryl methyl sites for hydroxylation is 1. The molecule has 2 N–H and O–H groups in total. The number of anilines is 2. The monoisotopic (exact) mass is 463 g/mol. The van der Waals surface area contributed by atoms with Crippen LogP contribution in [0.4, 0.5) is 11.4 Å². The van der Waals surface area contributed by atoms with Crippen molar-refractivity contribution in [2.24, 2.45) is 5.92 Å². The number of ketones is 1. The van der Waals surface area contributed by atoms with Gasteiger partial charge in [0.1, 0.15) is 11.0 Å². The molecule has 6 nitrogen and oxygen atoms in total. The summed E-state index contributed by atoms with van der Waals surface area (Å²) in [6.45, 7) is 2.65. The maximum Gasteiger partial charge on any atom is 0.250 e. The summed E-state index contributed by atoms with van der Waals surface area (Å²) in [7, 11) is 0. The SMILES string of the molecule is Cc1ccc2c(c1)[C@]1(C(=O)N2)[C@H](C(=O)c2ccccc2)[C@@]2(C(=O)Nc3ccccc32)[C@H]2CCCN21. The van der Waals surface area contributed by atoms with Crippen molar-refractivity contribution in [1.29, 1.82) is 0 Å². The lowest BCUT2D eigenvalue weighted by atomic mass is 9.60. The van der Waals surface area contributed by atoms with Crippen LogP contribution in [0.5, 0.6) is 0 Å². The highest BCUT2D eigenvalue weighted by Crippen LogP contribution is 2.66. The number of para-hydroxylation sites is 1. The second-order valence-electron chi connectivity index (χ2n) is 10.2. The highest BCUT2D eigenvalue weighted by Gasteiger charge is 2.78. The third kappa shape index (κ3) is 2.31. The Morgan fingerprint density at radius 3 is 2.43 bits per heavy atom. The number of rotatable bonds is 2. The van der Waals surface area contributed by atoms with Crippen LogP contribution in [0.2, 0.25) is 0 Å². The number of nitrogens with one attached hydrogen (secondary N) is 2. The molecule has 4 heterocycles. The van der Waals surface area contributed by atoms with E-state index >= 15 is 0 Å². The molecule has 2 spiro atoms. The number of hydrogen-bond donors (Lipinski definition) is 2. The van der Waals surface area contributed by atoms with Crippen molar-refractivity contribution in [2.75, 3.05) is 17.2 Å². The number of amides is 2. The maximum absolute atomic E-state index is 14.6. The summed E-state index contributed by atoms with van der Waals surface area (Å²) < 4.78 is 0. The number of nitrogens with zero attached hydrogens (tertiary/aromatic N) is 1. The van der Waals surface area contributed by atoms with Gasteiger partial charge in [0.05, 0.1) is 5.92 Å². The Kier molecular flexibility index (Phi) is 4.05. The van der Waals surface area contributed by atoms with Crippen LogP contribution in [0.15, 0.2) is 72.8 Å². The fourth-order valence-corrected chi connectivity index (χ4v) is 7.43. The Hall–Kier alpha value is -3.77. The van der Waals surface area contributed by atoms with Gasteiger partial charge in [-0.2, -0.15) is 0 Å². The number of benzene rings is 3. The van der Waals surface area contributed by atoms with Gasteiger partial charge in [0, 0.05) is 28.5 Å². The Morgan fingerprint density at radius 2 is 1.60 bits per heavy atom. The quantitative estimate of drug-likeness (QED) is 0.563. The third-order valence-corrected chi connectivity index (χ3v) is 8.60. The predicted molar refractivity (Wildman–Crippen MR) is 132 cm³/mol. The van der Waals surface area contributed by atoms with Crippen LogP contribution in [0.1, 0.15) is 39.9 Å². The number of hydrogen-bond acceptors (Lipinski definition) is 4. The standard InChI is InChI=1S/C29H25N3O3/c1-17-13-14-22-20(16-17)29(27(35)31-22)25(24(33)18-8-3-2-4-9-18)28(23-12-7-15-32(23)29)19-10-5-6-11-21(19)30-26(28)34/h2-6,8-11,13-14,16,23,25H,7,12,15H2,1H3,(H,30,34)(H,31,35)/t23-,25-,28+,29-/m1/s1. The molecule has 174 valence electrons. The number of carbonyl (C=O) groups is 3. The molecular formula is C29H25N3O3. The number of Topliss-reactive ketones (excluding diaryl/α,β-unsaturated/α-hetero) is 1. The summed E-state index contributed by atoms with van der Waals surface area (Å²) in [5.41, 5.74) is 2.19. The van der Waals surface area contributed by atoms with Crippen LogP contribution >= 0.6 is 0 Å². The van der Waals surface area contributed by atoms with E-state index in [1.54, 1.807) is 12.1 Å². The first-order chi connectivity index (χ1) is 17.0. The van der Waals surface area contributed by atoms with Gasteiger partial charge in [-0.1, -0.05) is 66.2 Å². The zero-order chi connectivity index (χ0) is 23.9. The van der Waals surface area contributed by atoms with Gasteiger partial charge in [-0.25, -0.2) is 0 Å². The Bertz CT molecular complexity index is 1430.